The number of morpholine rings is 1. The van der Waals surface area contributed by atoms with E-state index in [1.807, 2.05) is 55.5 Å². The van der Waals surface area contributed by atoms with Crippen molar-refractivity contribution < 1.29 is 19.4 Å². The highest BCUT2D eigenvalue weighted by molar-refractivity contribution is 14.1. The van der Waals surface area contributed by atoms with E-state index >= 15 is 0 Å². The SMILES string of the molecule is CCCC(C(=O)O)N1C(=O)[C@H](Cc2cccc(I)c2)O[C@@H](c2ccc(Cl)cc2)[C@H]1c1ccc(Cl)cc1. The smallest absolute Gasteiger partial charge is 0.326 e. The Kier molecular flexibility index (Phi) is 8.93. The Morgan fingerprint density at radius 1 is 1.03 bits per heavy atom. The van der Waals surface area contributed by atoms with Gasteiger partial charge in [-0.3, -0.25) is 4.79 Å². The average Bonchev–Trinajstić information content (AvgIpc) is 2.85. The zero-order chi connectivity index (χ0) is 25.8. The molecule has 0 bridgehead atoms. The van der Waals surface area contributed by atoms with Gasteiger partial charge in [0.15, 0.2) is 0 Å². The van der Waals surface area contributed by atoms with Crippen molar-refractivity contribution in [2.75, 3.05) is 0 Å². The van der Waals surface area contributed by atoms with Crippen LogP contribution in [0.25, 0.3) is 0 Å². The summed E-state index contributed by atoms with van der Waals surface area (Å²) in [7, 11) is 0. The van der Waals surface area contributed by atoms with Gasteiger partial charge in [-0.2, -0.15) is 0 Å². The largest absolute Gasteiger partial charge is 0.480 e. The zero-order valence-electron chi connectivity index (χ0n) is 19.6. The molecule has 1 aliphatic rings. The minimum absolute atomic E-state index is 0.328. The second-order valence-electron chi connectivity index (χ2n) is 8.82. The van der Waals surface area contributed by atoms with Crippen LogP contribution in [0.15, 0.2) is 72.8 Å². The van der Waals surface area contributed by atoms with Gasteiger partial charge in [0.05, 0.1) is 6.04 Å². The first-order valence-electron chi connectivity index (χ1n) is 11.7. The molecule has 4 atom stereocenters. The summed E-state index contributed by atoms with van der Waals surface area (Å²) in [4.78, 5) is 28.0. The van der Waals surface area contributed by atoms with Crippen LogP contribution in [0.2, 0.25) is 10.0 Å². The monoisotopic (exact) mass is 637 g/mol. The molecule has 0 spiro atoms. The molecule has 0 saturated carbocycles. The standard InChI is InChI=1S/C28H26Cl2INO4/c1-2-4-23(28(34)35)32-25(18-7-11-20(29)12-8-18)26(19-9-13-21(30)14-10-19)36-24(27(32)33)16-17-5-3-6-22(31)15-17/h3,5-15,23-26H,2,4,16H2,1H3,(H,34,35)/t23?,24-,25+,26-/m0/s1. The van der Waals surface area contributed by atoms with E-state index in [4.69, 9.17) is 27.9 Å². The maximum absolute atomic E-state index is 14.0. The van der Waals surface area contributed by atoms with Gasteiger partial charge in [0.25, 0.3) is 5.91 Å². The number of ether oxygens (including phenoxy) is 1. The summed E-state index contributed by atoms with van der Waals surface area (Å²) in [5, 5.41) is 11.3. The molecule has 1 aliphatic heterocycles. The number of carboxylic acid groups (broad SMARTS) is 1. The van der Waals surface area contributed by atoms with Gasteiger partial charge in [-0.05, 0) is 82.1 Å². The summed E-state index contributed by atoms with van der Waals surface area (Å²) < 4.78 is 7.59. The molecule has 188 valence electrons. The lowest BCUT2D eigenvalue weighted by atomic mass is 9.88. The third-order valence-corrected chi connectivity index (χ3v) is 7.51. The Bertz CT molecular complexity index is 1220. The third-order valence-electron chi connectivity index (χ3n) is 6.33. The topological polar surface area (TPSA) is 66.8 Å². The molecule has 8 heteroatoms. The summed E-state index contributed by atoms with van der Waals surface area (Å²) in [6, 6.07) is 20.6. The predicted octanol–water partition coefficient (Wildman–Crippen LogP) is 7.10. The normalized spacial score (nSPS) is 20.8. The van der Waals surface area contributed by atoms with Crippen LogP contribution >= 0.6 is 45.8 Å². The van der Waals surface area contributed by atoms with Gasteiger partial charge >= 0.3 is 5.97 Å². The first-order chi connectivity index (χ1) is 17.3. The maximum Gasteiger partial charge on any atom is 0.326 e. The molecular weight excluding hydrogens is 612 g/mol. The molecule has 3 aromatic rings. The summed E-state index contributed by atoms with van der Waals surface area (Å²) in [5.74, 6) is -1.37. The molecule has 1 N–H and O–H groups in total. The number of benzene rings is 3. The minimum atomic E-state index is -1.03. The van der Waals surface area contributed by atoms with Crippen molar-refractivity contribution in [2.45, 2.75) is 50.5 Å². The molecule has 0 aromatic heterocycles. The highest BCUT2D eigenvalue weighted by Gasteiger charge is 2.48. The predicted molar refractivity (Wildman–Crippen MR) is 149 cm³/mol. The minimum Gasteiger partial charge on any atom is -0.480 e. The molecule has 1 fully saturated rings. The highest BCUT2D eigenvalue weighted by atomic mass is 127. The Hall–Kier alpha value is -2.13. The van der Waals surface area contributed by atoms with E-state index in [1.165, 1.54) is 4.90 Å². The van der Waals surface area contributed by atoms with E-state index < -0.39 is 30.3 Å². The molecule has 4 rings (SSSR count). The van der Waals surface area contributed by atoms with Crippen LogP contribution in [0, 0.1) is 3.57 Å². The first-order valence-corrected chi connectivity index (χ1v) is 13.6. The van der Waals surface area contributed by atoms with Gasteiger partial charge in [0.2, 0.25) is 0 Å². The summed E-state index contributed by atoms with van der Waals surface area (Å²) >= 11 is 14.5. The lowest BCUT2D eigenvalue weighted by Crippen LogP contribution is -2.57. The Balaban J connectivity index is 1.85. The van der Waals surface area contributed by atoms with Crippen molar-refractivity contribution in [3.05, 3.63) is 103 Å². The molecule has 1 amide bonds. The van der Waals surface area contributed by atoms with E-state index in [2.05, 4.69) is 22.6 Å². The number of hydrogen-bond donors (Lipinski definition) is 1. The van der Waals surface area contributed by atoms with Crippen LogP contribution in [-0.2, 0) is 20.7 Å². The Labute approximate surface area is 234 Å². The number of nitrogens with zero attached hydrogens (tertiary/aromatic N) is 1. The summed E-state index contributed by atoms with van der Waals surface area (Å²) in [5.41, 5.74) is 2.51. The molecule has 1 heterocycles. The lowest BCUT2D eigenvalue weighted by Gasteiger charge is -2.47. The van der Waals surface area contributed by atoms with E-state index in [0.717, 1.165) is 20.3 Å². The first kappa shape index (κ1) is 26.9. The van der Waals surface area contributed by atoms with Crippen LogP contribution in [0.4, 0.5) is 0 Å². The molecule has 36 heavy (non-hydrogen) atoms. The second kappa shape index (κ2) is 11.9. The summed E-state index contributed by atoms with van der Waals surface area (Å²) in [6.07, 6.45) is -0.169. The third kappa shape index (κ3) is 6.05. The number of amides is 1. The fourth-order valence-electron chi connectivity index (χ4n) is 4.68. The Morgan fingerprint density at radius 3 is 2.19 bits per heavy atom. The fourth-order valence-corrected chi connectivity index (χ4v) is 5.54. The second-order valence-corrected chi connectivity index (χ2v) is 10.9. The number of rotatable bonds is 8. The van der Waals surface area contributed by atoms with E-state index in [1.54, 1.807) is 24.3 Å². The molecule has 1 saturated heterocycles. The van der Waals surface area contributed by atoms with Crippen LogP contribution in [0.3, 0.4) is 0 Å². The number of carbonyl (C=O) groups excluding carboxylic acids is 1. The van der Waals surface area contributed by atoms with E-state index in [-0.39, 0.29) is 5.91 Å². The average molecular weight is 638 g/mol. The van der Waals surface area contributed by atoms with Crippen LogP contribution in [0.5, 0.6) is 0 Å². The van der Waals surface area contributed by atoms with Crippen molar-refractivity contribution >= 4 is 57.7 Å². The molecule has 0 aliphatic carbocycles. The lowest BCUT2D eigenvalue weighted by molar-refractivity contribution is -0.184. The number of aliphatic carboxylic acids is 1. The Morgan fingerprint density at radius 2 is 1.64 bits per heavy atom. The van der Waals surface area contributed by atoms with E-state index in [9.17, 15) is 14.7 Å². The number of hydrogen-bond acceptors (Lipinski definition) is 3. The van der Waals surface area contributed by atoms with Gasteiger partial charge in [-0.1, -0.05) is 72.9 Å². The summed E-state index contributed by atoms with van der Waals surface area (Å²) in [6.45, 7) is 1.91. The van der Waals surface area contributed by atoms with Gasteiger partial charge < -0.3 is 14.7 Å². The quantitative estimate of drug-likeness (QED) is 0.268. The van der Waals surface area contributed by atoms with Crippen LogP contribution in [0.1, 0.15) is 48.6 Å². The number of halogens is 3. The van der Waals surface area contributed by atoms with Crippen molar-refractivity contribution in [1.29, 1.82) is 0 Å². The van der Waals surface area contributed by atoms with Crippen molar-refractivity contribution in [2.24, 2.45) is 0 Å². The fraction of sp³-hybridized carbons (Fsp3) is 0.286. The van der Waals surface area contributed by atoms with Gasteiger partial charge in [0.1, 0.15) is 18.2 Å². The highest BCUT2D eigenvalue weighted by Crippen LogP contribution is 2.44. The molecule has 5 nitrogen and oxygen atoms in total. The van der Waals surface area contributed by atoms with E-state index in [0.29, 0.717) is 29.3 Å². The van der Waals surface area contributed by atoms with Crippen molar-refractivity contribution in [1.82, 2.24) is 4.90 Å². The molecular formula is C28H26Cl2INO4. The van der Waals surface area contributed by atoms with Crippen LogP contribution in [-0.4, -0.2) is 34.0 Å². The van der Waals surface area contributed by atoms with Crippen molar-refractivity contribution in [3.8, 4) is 0 Å². The van der Waals surface area contributed by atoms with Gasteiger partial charge in [-0.15, -0.1) is 0 Å². The van der Waals surface area contributed by atoms with Crippen molar-refractivity contribution in [3.63, 3.8) is 0 Å². The molecule has 0 radical (unpaired) electrons. The molecule has 1 unspecified atom stereocenters. The van der Waals surface area contributed by atoms with Gasteiger partial charge in [0, 0.05) is 20.0 Å². The maximum atomic E-state index is 14.0. The molecule has 3 aromatic carbocycles. The number of carbonyl (C=O) groups is 2. The van der Waals surface area contributed by atoms with Gasteiger partial charge in [-0.25, -0.2) is 4.79 Å². The van der Waals surface area contributed by atoms with Crippen LogP contribution < -0.4 is 0 Å². The zero-order valence-corrected chi connectivity index (χ0v) is 23.3. The number of carboxylic acids is 1.